The number of aromatic nitrogens is 3. The van der Waals surface area contributed by atoms with Gasteiger partial charge >= 0.3 is 0 Å². The summed E-state index contributed by atoms with van der Waals surface area (Å²) in [6.07, 6.45) is 1.94. The average Bonchev–Trinajstić information content (AvgIpc) is 3.06. The second-order valence-electron chi connectivity index (χ2n) is 5.46. The van der Waals surface area contributed by atoms with E-state index in [0.717, 1.165) is 18.7 Å². The first kappa shape index (κ1) is 12.8. The second-order valence-corrected chi connectivity index (χ2v) is 5.46. The van der Waals surface area contributed by atoms with Gasteiger partial charge in [-0.15, -0.1) is 5.10 Å². The summed E-state index contributed by atoms with van der Waals surface area (Å²) in [7, 11) is 0. The van der Waals surface area contributed by atoms with Crippen molar-refractivity contribution in [2.45, 2.75) is 38.6 Å². The van der Waals surface area contributed by atoms with Gasteiger partial charge < -0.3 is 5.32 Å². The van der Waals surface area contributed by atoms with E-state index in [9.17, 15) is 4.79 Å². The van der Waals surface area contributed by atoms with Gasteiger partial charge in [-0.1, -0.05) is 38.1 Å². The maximum absolute atomic E-state index is 12.2. The number of aryl methyl sites for hydroxylation is 1. The summed E-state index contributed by atoms with van der Waals surface area (Å²) in [5.41, 5.74) is 2.52. The molecule has 1 aromatic carbocycles. The predicted molar refractivity (Wildman–Crippen MR) is 75.4 cm³/mol. The molecular formula is C15H18N4O. The number of rotatable bonds is 3. The average molecular weight is 270 g/mol. The molecule has 0 bridgehead atoms. The number of hydrogen-bond acceptors (Lipinski definition) is 3. The van der Waals surface area contributed by atoms with Gasteiger partial charge in [0.1, 0.15) is 5.82 Å². The lowest BCUT2D eigenvalue weighted by atomic mass is 10.1. The van der Waals surface area contributed by atoms with Crippen molar-refractivity contribution in [3.05, 3.63) is 47.0 Å². The summed E-state index contributed by atoms with van der Waals surface area (Å²) in [6, 6.07) is 8.30. The molecule has 2 N–H and O–H groups in total. The second kappa shape index (κ2) is 5.07. The van der Waals surface area contributed by atoms with Crippen molar-refractivity contribution in [3.8, 4) is 0 Å². The Balaban J connectivity index is 1.73. The molecule has 0 saturated carbocycles. The highest BCUT2D eigenvalue weighted by Crippen LogP contribution is 2.30. The van der Waals surface area contributed by atoms with Gasteiger partial charge in [-0.05, 0) is 24.0 Å². The third-order valence-electron chi connectivity index (χ3n) is 3.69. The van der Waals surface area contributed by atoms with Crippen molar-refractivity contribution in [3.63, 3.8) is 0 Å². The minimum Gasteiger partial charge on any atom is -0.342 e. The molecular weight excluding hydrogens is 252 g/mol. The third kappa shape index (κ3) is 2.31. The van der Waals surface area contributed by atoms with Crippen LogP contribution in [0.15, 0.2) is 24.3 Å². The van der Waals surface area contributed by atoms with E-state index in [4.69, 9.17) is 0 Å². The topological polar surface area (TPSA) is 70.7 Å². The Hall–Kier alpha value is -2.17. The fourth-order valence-corrected chi connectivity index (χ4v) is 2.56. The number of H-pyrrole nitrogens is 1. The third-order valence-corrected chi connectivity index (χ3v) is 3.69. The lowest BCUT2D eigenvalue weighted by molar-refractivity contribution is 0.0926. The van der Waals surface area contributed by atoms with Crippen LogP contribution in [0.2, 0.25) is 0 Å². The smallest absolute Gasteiger partial charge is 0.291 e. The lowest BCUT2D eigenvalue weighted by Gasteiger charge is -2.12. The number of benzene rings is 1. The minimum atomic E-state index is -0.213. The van der Waals surface area contributed by atoms with Crippen LogP contribution in [0, 0.1) is 0 Å². The highest BCUT2D eigenvalue weighted by atomic mass is 16.2. The molecule has 104 valence electrons. The molecule has 3 rings (SSSR count). The molecule has 1 heterocycles. The Morgan fingerprint density at radius 3 is 2.95 bits per heavy atom. The van der Waals surface area contributed by atoms with E-state index >= 15 is 0 Å². The largest absolute Gasteiger partial charge is 0.342 e. The summed E-state index contributed by atoms with van der Waals surface area (Å²) < 4.78 is 0. The molecule has 20 heavy (non-hydrogen) atoms. The van der Waals surface area contributed by atoms with E-state index in [2.05, 4.69) is 32.6 Å². The van der Waals surface area contributed by atoms with Crippen LogP contribution in [0.5, 0.6) is 0 Å². The summed E-state index contributed by atoms with van der Waals surface area (Å²) in [5.74, 6) is 0.978. The number of nitrogens with one attached hydrogen (secondary N) is 2. The maximum Gasteiger partial charge on any atom is 0.291 e. The van der Waals surface area contributed by atoms with Gasteiger partial charge in [0.15, 0.2) is 0 Å². The highest BCUT2D eigenvalue weighted by Gasteiger charge is 2.25. The number of nitrogens with zero attached hydrogens (tertiary/aromatic N) is 2. The molecule has 1 unspecified atom stereocenters. The fraction of sp³-hybridized carbons (Fsp3) is 0.400. The Labute approximate surface area is 117 Å². The van der Waals surface area contributed by atoms with E-state index in [-0.39, 0.29) is 23.7 Å². The summed E-state index contributed by atoms with van der Waals surface area (Å²) in [6.45, 7) is 4.02. The van der Waals surface area contributed by atoms with Crippen molar-refractivity contribution in [2.24, 2.45) is 0 Å². The van der Waals surface area contributed by atoms with Gasteiger partial charge in [0.2, 0.25) is 5.82 Å². The van der Waals surface area contributed by atoms with Gasteiger partial charge in [-0.3, -0.25) is 9.89 Å². The quantitative estimate of drug-likeness (QED) is 0.899. The molecule has 1 aliphatic carbocycles. The number of fused-ring (bicyclic) bond motifs is 1. The van der Waals surface area contributed by atoms with Gasteiger partial charge in [0.25, 0.3) is 5.91 Å². The van der Waals surface area contributed by atoms with E-state index in [0.29, 0.717) is 0 Å². The maximum atomic E-state index is 12.2. The summed E-state index contributed by atoms with van der Waals surface area (Å²) in [5, 5.41) is 9.82. The van der Waals surface area contributed by atoms with E-state index in [1.165, 1.54) is 11.1 Å². The van der Waals surface area contributed by atoms with Gasteiger partial charge in [-0.2, -0.15) is 0 Å². The standard InChI is InChI=1S/C15H18N4O/c1-9(2)13-17-14(19-18-13)15(20)16-12-8-7-10-5-3-4-6-11(10)12/h3-6,9,12H,7-8H2,1-2H3,(H,16,20)(H,17,18,19). The Bertz CT molecular complexity index is 632. The summed E-state index contributed by atoms with van der Waals surface area (Å²) >= 11 is 0. The number of carbonyl (C=O) groups excluding carboxylic acids is 1. The molecule has 5 heteroatoms. The van der Waals surface area contributed by atoms with E-state index in [1.807, 2.05) is 26.0 Å². The molecule has 2 aromatic rings. The van der Waals surface area contributed by atoms with Crippen LogP contribution in [-0.2, 0) is 6.42 Å². The van der Waals surface area contributed by atoms with Crippen LogP contribution in [-0.4, -0.2) is 21.1 Å². The number of carbonyl (C=O) groups is 1. The molecule has 0 aliphatic heterocycles. The molecule has 1 amide bonds. The fourth-order valence-electron chi connectivity index (χ4n) is 2.56. The Kier molecular flexibility index (Phi) is 3.26. The van der Waals surface area contributed by atoms with Crippen molar-refractivity contribution in [1.82, 2.24) is 20.5 Å². The zero-order valence-corrected chi connectivity index (χ0v) is 11.7. The molecule has 0 spiro atoms. The summed E-state index contributed by atoms with van der Waals surface area (Å²) in [4.78, 5) is 16.4. The van der Waals surface area contributed by atoms with E-state index < -0.39 is 0 Å². The monoisotopic (exact) mass is 270 g/mol. The van der Waals surface area contributed by atoms with E-state index in [1.54, 1.807) is 0 Å². The van der Waals surface area contributed by atoms with Crippen LogP contribution in [0.1, 0.15) is 59.8 Å². The van der Waals surface area contributed by atoms with Gasteiger partial charge in [0, 0.05) is 5.92 Å². The normalized spacial score (nSPS) is 17.2. The van der Waals surface area contributed by atoms with Crippen LogP contribution >= 0.6 is 0 Å². The zero-order valence-electron chi connectivity index (χ0n) is 11.7. The number of amides is 1. The molecule has 0 radical (unpaired) electrons. The first-order valence-corrected chi connectivity index (χ1v) is 6.96. The first-order chi connectivity index (χ1) is 9.65. The highest BCUT2D eigenvalue weighted by molar-refractivity contribution is 5.90. The van der Waals surface area contributed by atoms with Crippen LogP contribution < -0.4 is 5.32 Å². The predicted octanol–water partition coefficient (Wildman–Crippen LogP) is 2.35. The van der Waals surface area contributed by atoms with Crippen molar-refractivity contribution in [1.29, 1.82) is 0 Å². The van der Waals surface area contributed by atoms with Crippen LogP contribution in [0.4, 0.5) is 0 Å². The molecule has 5 nitrogen and oxygen atoms in total. The number of hydrogen-bond donors (Lipinski definition) is 2. The van der Waals surface area contributed by atoms with Crippen LogP contribution in [0.3, 0.4) is 0 Å². The van der Waals surface area contributed by atoms with Crippen molar-refractivity contribution >= 4 is 5.91 Å². The number of aromatic amines is 1. The zero-order chi connectivity index (χ0) is 14.1. The Morgan fingerprint density at radius 2 is 2.20 bits per heavy atom. The minimum absolute atomic E-state index is 0.0692. The van der Waals surface area contributed by atoms with Crippen LogP contribution in [0.25, 0.3) is 0 Å². The first-order valence-electron chi connectivity index (χ1n) is 6.96. The van der Waals surface area contributed by atoms with Crippen molar-refractivity contribution < 1.29 is 4.79 Å². The van der Waals surface area contributed by atoms with Crippen molar-refractivity contribution in [2.75, 3.05) is 0 Å². The molecule has 0 saturated heterocycles. The van der Waals surface area contributed by atoms with Gasteiger partial charge in [-0.25, -0.2) is 4.98 Å². The molecule has 0 fully saturated rings. The molecule has 1 aromatic heterocycles. The molecule has 1 atom stereocenters. The SMILES string of the molecule is CC(C)c1nc(C(=O)NC2CCc3ccccc32)n[nH]1. The molecule has 1 aliphatic rings. The van der Waals surface area contributed by atoms with Gasteiger partial charge in [0.05, 0.1) is 6.04 Å². The Morgan fingerprint density at radius 1 is 1.40 bits per heavy atom. The lowest BCUT2D eigenvalue weighted by Crippen LogP contribution is -2.28.